The molecule has 7 heteroatoms. The Hall–Kier alpha value is -1.04. The molecule has 1 aromatic heterocycles. The van der Waals surface area contributed by atoms with Crippen molar-refractivity contribution < 1.29 is 13.2 Å². The lowest BCUT2D eigenvalue weighted by Gasteiger charge is -2.07. The number of nitrogens with two attached hydrogens (primary N) is 1. The van der Waals surface area contributed by atoms with Gasteiger partial charge < -0.3 is 5.73 Å². The summed E-state index contributed by atoms with van der Waals surface area (Å²) >= 11 is 5.30. The van der Waals surface area contributed by atoms with E-state index >= 15 is 0 Å². The Labute approximate surface area is 76.7 Å². The van der Waals surface area contributed by atoms with E-state index in [1.54, 1.807) is 0 Å². The van der Waals surface area contributed by atoms with Crippen molar-refractivity contribution in [3.05, 3.63) is 17.0 Å². The van der Waals surface area contributed by atoms with E-state index in [1.165, 1.54) is 0 Å². The van der Waals surface area contributed by atoms with Crippen molar-refractivity contribution in [2.45, 2.75) is 12.6 Å². The van der Waals surface area contributed by atoms with Crippen LogP contribution >= 0.6 is 11.6 Å². The zero-order valence-electron chi connectivity index (χ0n) is 6.27. The van der Waals surface area contributed by atoms with Gasteiger partial charge in [0.2, 0.25) is 5.28 Å². The molecule has 0 unspecified atom stereocenters. The van der Waals surface area contributed by atoms with Crippen LogP contribution in [-0.2, 0) is 6.42 Å². The summed E-state index contributed by atoms with van der Waals surface area (Å²) in [6, 6.07) is 0. The van der Waals surface area contributed by atoms with Gasteiger partial charge in [0.15, 0.2) is 0 Å². The summed E-state index contributed by atoms with van der Waals surface area (Å²) < 4.78 is 35.6. The normalized spacial score (nSPS) is 11.7. The molecular weight excluding hydrogens is 207 g/mol. The number of anilines is 1. The Balaban J connectivity index is 2.90. The van der Waals surface area contributed by atoms with Crippen LogP contribution in [-0.4, -0.2) is 16.1 Å². The quantitative estimate of drug-likeness (QED) is 0.721. The summed E-state index contributed by atoms with van der Waals surface area (Å²) in [6.45, 7) is 0. The molecule has 0 aliphatic rings. The van der Waals surface area contributed by atoms with Gasteiger partial charge in [0.05, 0.1) is 6.42 Å². The molecule has 0 atom stereocenters. The molecule has 1 rings (SSSR count). The van der Waals surface area contributed by atoms with Crippen LogP contribution in [0.25, 0.3) is 0 Å². The highest BCUT2D eigenvalue weighted by Gasteiger charge is 2.29. The highest BCUT2D eigenvalue weighted by molar-refractivity contribution is 6.28. The maximum absolute atomic E-state index is 11.9. The third kappa shape index (κ3) is 3.06. The molecular formula is C6H5ClF3N3. The monoisotopic (exact) mass is 211 g/mol. The standard InChI is InChI=1S/C6H5ClF3N3/c7-5-12-2-3(4(11)13-5)1-6(8,9)10/h2H,1H2,(H2,11,12,13). The van der Waals surface area contributed by atoms with Crippen LogP contribution in [0, 0.1) is 0 Å². The lowest BCUT2D eigenvalue weighted by molar-refractivity contribution is -0.127. The number of halogens is 4. The van der Waals surface area contributed by atoms with Gasteiger partial charge in [0, 0.05) is 11.8 Å². The van der Waals surface area contributed by atoms with E-state index in [0.29, 0.717) is 0 Å². The fraction of sp³-hybridized carbons (Fsp3) is 0.333. The first kappa shape index (κ1) is 10.0. The summed E-state index contributed by atoms with van der Waals surface area (Å²) in [4.78, 5) is 6.79. The van der Waals surface area contributed by atoms with Gasteiger partial charge in [-0.2, -0.15) is 13.2 Å². The molecule has 0 amide bonds. The summed E-state index contributed by atoms with van der Waals surface area (Å²) in [6.07, 6.45) is -4.49. The molecule has 1 heterocycles. The van der Waals surface area contributed by atoms with Crippen LogP contribution in [0.15, 0.2) is 6.20 Å². The smallest absolute Gasteiger partial charge is 0.383 e. The number of aromatic nitrogens is 2. The molecule has 13 heavy (non-hydrogen) atoms. The second kappa shape index (κ2) is 3.37. The fourth-order valence-electron chi connectivity index (χ4n) is 0.750. The fourth-order valence-corrected chi connectivity index (χ4v) is 0.889. The molecule has 0 bridgehead atoms. The number of hydrogen-bond acceptors (Lipinski definition) is 3. The number of nitrogens with zero attached hydrogens (tertiary/aromatic N) is 2. The van der Waals surface area contributed by atoms with Gasteiger partial charge in [0.1, 0.15) is 5.82 Å². The summed E-state index contributed by atoms with van der Waals surface area (Å²) in [7, 11) is 0. The largest absolute Gasteiger partial charge is 0.393 e. The van der Waals surface area contributed by atoms with Gasteiger partial charge in [-0.05, 0) is 11.6 Å². The molecule has 0 aliphatic heterocycles. The zero-order valence-corrected chi connectivity index (χ0v) is 7.02. The molecule has 0 saturated heterocycles. The van der Waals surface area contributed by atoms with Crippen LogP contribution in [0.4, 0.5) is 19.0 Å². The molecule has 2 N–H and O–H groups in total. The Morgan fingerprint density at radius 1 is 1.46 bits per heavy atom. The molecule has 0 spiro atoms. The van der Waals surface area contributed by atoms with E-state index in [2.05, 4.69) is 9.97 Å². The Morgan fingerprint density at radius 3 is 2.54 bits per heavy atom. The first-order chi connectivity index (χ1) is 5.88. The van der Waals surface area contributed by atoms with Crippen LogP contribution in [0.2, 0.25) is 5.28 Å². The lowest BCUT2D eigenvalue weighted by Crippen LogP contribution is -2.14. The van der Waals surface area contributed by atoms with Crippen LogP contribution in [0.3, 0.4) is 0 Å². The summed E-state index contributed by atoms with van der Waals surface area (Å²) in [5, 5.41) is -0.163. The molecule has 1 aromatic rings. The van der Waals surface area contributed by atoms with E-state index in [1.807, 2.05) is 0 Å². The Bertz CT molecular complexity index is 312. The molecule has 0 aliphatic carbocycles. The third-order valence-electron chi connectivity index (χ3n) is 1.26. The van der Waals surface area contributed by atoms with Crippen molar-refractivity contribution in [1.82, 2.24) is 9.97 Å². The van der Waals surface area contributed by atoms with E-state index < -0.39 is 12.6 Å². The van der Waals surface area contributed by atoms with Crippen molar-refractivity contribution in [1.29, 1.82) is 0 Å². The van der Waals surface area contributed by atoms with E-state index in [0.717, 1.165) is 6.20 Å². The summed E-state index contributed by atoms with van der Waals surface area (Å²) in [5.74, 6) is -0.239. The van der Waals surface area contributed by atoms with Crippen molar-refractivity contribution in [2.75, 3.05) is 5.73 Å². The maximum Gasteiger partial charge on any atom is 0.393 e. The molecule has 72 valence electrons. The number of nitrogen functional groups attached to an aromatic ring is 1. The minimum atomic E-state index is -4.31. The van der Waals surface area contributed by atoms with Crippen LogP contribution in [0.5, 0.6) is 0 Å². The molecule has 0 fully saturated rings. The van der Waals surface area contributed by atoms with Gasteiger partial charge in [-0.1, -0.05) is 0 Å². The SMILES string of the molecule is Nc1nc(Cl)ncc1CC(F)(F)F. The van der Waals surface area contributed by atoms with Crippen molar-refractivity contribution in [2.24, 2.45) is 0 Å². The van der Waals surface area contributed by atoms with Crippen LogP contribution in [0.1, 0.15) is 5.56 Å². The van der Waals surface area contributed by atoms with E-state index in [4.69, 9.17) is 17.3 Å². The Kier molecular flexibility index (Phi) is 2.60. The highest BCUT2D eigenvalue weighted by atomic mass is 35.5. The second-order valence-corrected chi connectivity index (χ2v) is 2.68. The molecule has 0 radical (unpaired) electrons. The molecule has 0 saturated carbocycles. The van der Waals surface area contributed by atoms with Gasteiger partial charge >= 0.3 is 6.18 Å². The predicted octanol–water partition coefficient (Wildman–Crippen LogP) is 1.82. The average molecular weight is 212 g/mol. The molecule has 3 nitrogen and oxygen atoms in total. The Morgan fingerprint density at radius 2 is 2.08 bits per heavy atom. The van der Waals surface area contributed by atoms with E-state index in [-0.39, 0.29) is 16.7 Å². The van der Waals surface area contributed by atoms with Gasteiger partial charge in [-0.25, -0.2) is 9.97 Å². The van der Waals surface area contributed by atoms with Crippen LogP contribution < -0.4 is 5.73 Å². The highest BCUT2D eigenvalue weighted by Crippen LogP contribution is 2.23. The average Bonchev–Trinajstić information content (AvgIpc) is 1.93. The minimum absolute atomic E-state index is 0.163. The van der Waals surface area contributed by atoms with Crippen molar-refractivity contribution in [3.63, 3.8) is 0 Å². The summed E-state index contributed by atoms with van der Waals surface area (Å²) in [5.41, 5.74) is 5.02. The first-order valence-corrected chi connectivity index (χ1v) is 3.60. The number of rotatable bonds is 1. The number of hydrogen-bond donors (Lipinski definition) is 1. The van der Waals surface area contributed by atoms with E-state index in [9.17, 15) is 13.2 Å². The number of alkyl halides is 3. The van der Waals surface area contributed by atoms with Crippen molar-refractivity contribution in [3.8, 4) is 0 Å². The lowest BCUT2D eigenvalue weighted by atomic mass is 10.2. The minimum Gasteiger partial charge on any atom is -0.383 e. The van der Waals surface area contributed by atoms with Crippen molar-refractivity contribution >= 4 is 17.4 Å². The van der Waals surface area contributed by atoms with Gasteiger partial charge in [0.25, 0.3) is 0 Å². The third-order valence-corrected chi connectivity index (χ3v) is 1.44. The topological polar surface area (TPSA) is 51.8 Å². The molecule has 0 aromatic carbocycles. The first-order valence-electron chi connectivity index (χ1n) is 3.22. The zero-order chi connectivity index (χ0) is 10.1. The predicted molar refractivity (Wildman–Crippen MR) is 41.2 cm³/mol. The second-order valence-electron chi connectivity index (χ2n) is 2.34. The van der Waals surface area contributed by atoms with Gasteiger partial charge in [-0.3, -0.25) is 0 Å². The van der Waals surface area contributed by atoms with Gasteiger partial charge in [-0.15, -0.1) is 0 Å². The maximum atomic E-state index is 11.9.